The third kappa shape index (κ3) is 4.57. The van der Waals surface area contributed by atoms with E-state index in [-0.39, 0.29) is 5.56 Å². The van der Waals surface area contributed by atoms with E-state index in [0.29, 0.717) is 29.5 Å². The zero-order valence-electron chi connectivity index (χ0n) is 17.1. The molecule has 0 unspecified atom stereocenters. The molecule has 160 valence electrons. The molecule has 1 amide bonds. The van der Waals surface area contributed by atoms with E-state index in [2.05, 4.69) is 4.98 Å². The molecule has 0 saturated carbocycles. The minimum atomic E-state index is -4.45. The number of thiazole rings is 1. The Bertz CT molecular complexity index is 1050. The molecule has 0 atom stereocenters. The molecule has 0 fully saturated rings. The number of hydrogen-bond acceptors (Lipinski definition) is 5. The van der Waals surface area contributed by atoms with Crippen molar-refractivity contribution in [3.63, 3.8) is 0 Å². The molecule has 30 heavy (non-hydrogen) atoms. The number of ether oxygens (including phenoxy) is 1. The van der Waals surface area contributed by atoms with E-state index >= 15 is 0 Å². The second-order valence-corrected chi connectivity index (χ2v) is 8.07. The van der Waals surface area contributed by atoms with Crippen LogP contribution < -0.4 is 9.64 Å². The zero-order valence-corrected chi connectivity index (χ0v) is 17.9. The maximum atomic E-state index is 13.2. The number of methoxy groups -OCH3 is 1. The van der Waals surface area contributed by atoms with E-state index in [9.17, 15) is 18.0 Å². The van der Waals surface area contributed by atoms with E-state index < -0.39 is 17.6 Å². The summed E-state index contributed by atoms with van der Waals surface area (Å²) < 4.78 is 44.9. The molecule has 0 radical (unpaired) electrons. The Kier molecular flexibility index (Phi) is 6.33. The van der Waals surface area contributed by atoms with Crippen LogP contribution in [0.4, 0.5) is 18.3 Å². The average Bonchev–Trinajstić information content (AvgIpc) is 3.13. The number of halogens is 3. The summed E-state index contributed by atoms with van der Waals surface area (Å²) in [7, 11) is 5.32. The molecule has 0 aliphatic heterocycles. The van der Waals surface area contributed by atoms with Gasteiger partial charge in [0.25, 0.3) is 5.91 Å². The summed E-state index contributed by atoms with van der Waals surface area (Å²) in [6, 6.07) is 7.99. The maximum Gasteiger partial charge on any atom is 0.416 e. The van der Waals surface area contributed by atoms with E-state index in [0.717, 1.165) is 22.4 Å². The molecule has 5 nitrogen and oxygen atoms in total. The Hall–Kier alpha value is -2.65. The lowest BCUT2D eigenvalue weighted by molar-refractivity contribution is -0.137. The SMILES string of the molecule is COc1ccc(C)c2sc(N(CCN(C)C)C(=O)c3ccc(C(F)(F)F)cc3)nc12. The number of aryl methyl sites for hydroxylation is 1. The van der Waals surface area contributed by atoms with Crippen molar-refractivity contribution in [1.29, 1.82) is 0 Å². The van der Waals surface area contributed by atoms with Gasteiger partial charge in [-0.05, 0) is 56.9 Å². The van der Waals surface area contributed by atoms with Gasteiger partial charge in [0.1, 0.15) is 11.3 Å². The van der Waals surface area contributed by atoms with Crippen LogP contribution in [0.25, 0.3) is 10.2 Å². The van der Waals surface area contributed by atoms with Gasteiger partial charge in [0.2, 0.25) is 0 Å². The average molecular weight is 437 g/mol. The van der Waals surface area contributed by atoms with Gasteiger partial charge < -0.3 is 9.64 Å². The number of carbonyl (C=O) groups is 1. The smallest absolute Gasteiger partial charge is 0.416 e. The number of alkyl halides is 3. The number of benzene rings is 2. The van der Waals surface area contributed by atoms with Crippen molar-refractivity contribution >= 4 is 32.6 Å². The Balaban J connectivity index is 2.02. The number of amides is 1. The largest absolute Gasteiger partial charge is 0.494 e. The number of fused-ring (bicyclic) bond motifs is 1. The first kappa shape index (κ1) is 22.0. The number of nitrogens with zero attached hydrogens (tertiary/aromatic N) is 3. The third-order valence-electron chi connectivity index (χ3n) is 4.62. The summed E-state index contributed by atoms with van der Waals surface area (Å²) in [5.41, 5.74) is 1.04. The van der Waals surface area contributed by atoms with Gasteiger partial charge in [-0.1, -0.05) is 17.4 Å². The number of rotatable bonds is 6. The summed E-state index contributed by atoms with van der Waals surface area (Å²) in [5.74, 6) is 0.203. The Labute approximate surface area is 176 Å². The van der Waals surface area contributed by atoms with Crippen LogP contribution in [-0.4, -0.2) is 50.1 Å². The molecule has 0 aliphatic rings. The van der Waals surface area contributed by atoms with Crippen molar-refractivity contribution in [2.45, 2.75) is 13.1 Å². The lowest BCUT2D eigenvalue weighted by atomic mass is 10.1. The van der Waals surface area contributed by atoms with Gasteiger partial charge in [0, 0.05) is 18.7 Å². The first-order valence-corrected chi connectivity index (χ1v) is 10.0. The topological polar surface area (TPSA) is 45.7 Å². The molecule has 1 heterocycles. The molecule has 0 bridgehead atoms. The number of aromatic nitrogens is 1. The first-order valence-electron chi connectivity index (χ1n) is 9.20. The minimum absolute atomic E-state index is 0.171. The lowest BCUT2D eigenvalue weighted by Crippen LogP contribution is -2.36. The Morgan fingerprint density at radius 2 is 1.77 bits per heavy atom. The van der Waals surface area contributed by atoms with Crippen molar-refractivity contribution in [3.05, 3.63) is 53.1 Å². The van der Waals surface area contributed by atoms with Gasteiger partial charge in [-0.25, -0.2) is 4.98 Å². The molecule has 0 aliphatic carbocycles. The summed E-state index contributed by atoms with van der Waals surface area (Å²) in [5, 5.41) is 0.476. The monoisotopic (exact) mass is 437 g/mol. The zero-order chi connectivity index (χ0) is 22.1. The van der Waals surface area contributed by atoms with Gasteiger partial charge in [-0.15, -0.1) is 0 Å². The molecule has 3 rings (SSSR count). The van der Waals surface area contributed by atoms with Crippen LogP contribution in [0.3, 0.4) is 0 Å². The van der Waals surface area contributed by atoms with Crippen LogP contribution in [-0.2, 0) is 6.18 Å². The number of carbonyl (C=O) groups excluding carboxylic acids is 1. The van der Waals surface area contributed by atoms with Crippen molar-refractivity contribution < 1.29 is 22.7 Å². The highest BCUT2D eigenvalue weighted by Gasteiger charge is 2.31. The van der Waals surface area contributed by atoms with Gasteiger partial charge in [-0.2, -0.15) is 13.2 Å². The molecule has 0 spiro atoms. The van der Waals surface area contributed by atoms with Crippen LogP contribution in [0, 0.1) is 6.92 Å². The fourth-order valence-electron chi connectivity index (χ4n) is 2.92. The fraction of sp³-hybridized carbons (Fsp3) is 0.333. The highest BCUT2D eigenvalue weighted by atomic mass is 32.1. The number of hydrogen-bond donors (Lipinski definition) is 0. The molecule has 3 aromatic rings. The Morgan fingerprint density at radius 3 is 2.33 bits per heavy atom. The minimum Gasteiger partial charge on any atom is -0.494 e. The highest BCUT2D eigenvalue weighted by Crippen LogP contribution is 2.37. The fourth-order valence-corrected chi connectivity index (χ4v) is 4.00. The van der Waals surface area contributed by atoms with Crippen LogP contribution in [0.2, 0.25) is 0 Å². The lowest BCUT2D eigenvalue weighted by Gasteiger charge is -2.22. The predicted octanol–water partition coefficient (Wildman–Crippen LogP) is 4.84. The first-order chi connectivity index (χ1) is 14.1. The number of anilines is 1. The van der Waals surface area contributed by atoms with Crippen molar-refractivity contribution in [3.8, 4) is 5.75 Å². The van der Waals surface area contributed by atoms with E-state index in [1.807, 2.05) is 38.1 Å². The number of likely N-dealkylation sites (N-methyl/N-ethyl adjacent to an activating group) is 1. The van der Waals surface area contributed by atoms with Gasteiger partial charge in [0.05, 0.1) is 17.4 Å². The molecule has 2 aromatic carbocycles. The molecular formula is C21H22F3N3O2S. The normalized spacial score (nSPS) is 11.9. The van der Waals surface area contributed by atoms with E-state index in [1.165, 1.54) is 28.4 Å². The summed E-state index contributed by atoms with van der Waals surface area (Å²) >= 11 is 1.36. The summed E-state index contributed by atoms with van der Waals surface area (Å²) in [4.78, 5) is 21.3. The van der Waals surface area contributed by atoms with Gasteiger partial charge >= 0.3 is 6.18 Å². The molecule has 1 aromatic heterocycles. The summed E-state index contributed by atoms with van der Waals surface area (Å²) in [6.07, 6.45) is -4.45. The van der Waals surface area contributed by atoms with Crippen molar-refractivity contribution in [1.82, 2.24) is 9.88 Å². The second kappa shape index (κ2) is 8.61. The van der Waals surface area contributed by atoms with Crippen molar-refractivity contribution in [2.24, 2.45) is 0 Å². The van der Waals surface area contributed by atoms with Crippen LogP contribution in [0.1, 0.15) is 21.5 Å². The highest BCUT2D eigenvalue weighted by molar-refractivity contribution is 7.22. The Morgan fingerprint density at radius 1 is 1.10 bits per heavy atom. The summed E-state index contributed by atoms with van der Waals surface area (Å²) in [6.45, 7) is 2.86. The third-order valence-corrected chi connectivity index (χ3v) is 5.83. The quantitative estimate of drug-likeness (QED) is 0.554. The molecular weight excluding hydrogens is 415 g/mol. The molecule has 0 N–H and O–H groups in total. The van der Waals surface area contributed by atoms with Crippen molar-refractivity contribution in [2.75, 3.05) is 39.2 Å². The van der Waals surface area contributed by atoms with Crippen LogP contribution in [0.5, 0.6) is 5.75 Å². The standard InChI is InChI=1S/C21H22F3N3O2S/c1-13-5-10-16(29-4)17-18(13)30-20(25-17)27(12-11-26(2)3)19(28)14-6-8-15(9-7-14)21(22,23)24/h5-10H,11-12H2,1-4H3. The van der Waals surface area contributed by atoms with Crippen LogP contribution >= 0.6 is 11.3 Å². The van der Waals surface area contributed by atoms with Gasteiger partial charge in [0.15, 0.2) is 5.13 Å². The molecule has 9 heteroatoms. The second-order valence-electron chi connectivity index (χ2n) is 7.09. The predicted molar refractivity (Wildman–Crippen MR) is 113 cm³/mol. The molecule has 0 saturated heterocycles. The maximum absolute atomic E-state index is 13.2. The van der Waals surface area contributed by atoms with Gasteiger partial charge in [-0.3, -0.25) is 9.69 Å². The van der Waals surface area contributed by atoms with E-state index in [4.69, 9.17) is 4.74 Å². The van der Waals surface area contributed by atoms with Crippen LogP contribution in [0.15, 0.2) is 36.4 Å². The van der Waals surface area contributed by atoms with E-state index in [1.54, 1.807) is 7.11 Å².